The molecule has 1 aromatic carbocycles. The van der Waals surface area contributed by atoms with Crippen molar-refractivity contribution in [3.05, 3.63) is 29.6 Å². The summed E-state index contributed by atoms with van der Waals surface area (Å²) in [5.41, 5.74) is -0.376. The maximum Gasteiger partial charge on any atom is 0.323 e. The van der Waals surface area contributed by atoms with E-state index in [0.29, 0.717) is 37.3 Å². The van der Waals surface area contributed by atoms with Crippen LogP contribution in [0.2, 0.25) is 0 Å². The fourth-order valence-corrected chi connectivity index (χ4v) is 1.94. The number of nitrogens with one attached hydrogen (secondary N) is 1. The van der Waals surface area contributed by atoms with Crippen molar-refractivity contribution in [1.82, 2.24) is 5.32 Å². The van der Waals surface area contributed by atoms with Gasteiger partial charge in [-0.3, -0.25) is 4.79 Å². The van der Waals surface area contributed by atoms with Gasteiger partial charge in [0, 0.05) is 6.07 Å². The van der Waals surface area contributed by atoms with Crippen LogP contribution in [-0.4, -0.2) is 29.8 Å². The zero-order chi connectivity index (χ0) is 15.2. The standard InChI is InChI=1S/C15H22FNO3/c1-4-17-15(3,14(18)19)8-5-9-20-12-7-6-11(2)13(16)10-12/h6-7,10,17H,4-5,8-9H2,1-3H3,(H,18,19). The van der Waals surface area contributed by atoms with Gasteiger partial charge in [0.1, 0.15) is 17.1 Å². The lowest BCUT2D eigenvalue weighted by molar-refractivity contribution is -0.144. The van der Waals surface area contributed by atoms with Crippen molar-refractivity contribution >= 4 is 5.97 Å². The molecule has 0 aliphatic rings. The summed E-state index contributed by atoms with van der Waals surface area (Å²) >= 11 is 0. The smallest absolute Gasteiger partial charge is 0.323 e. The molecule has 0 heterocycles. The monoisotopic (exact) mass is 283 g/mol. The molecule has 0 radical (unpaired) electrons. The van der Waals surface area contributed by atoms with Crippen LogP contribution in [0, 0.1) is 12.7 Å². The van der Waals surface area contributed by atoms with Crippen molar-refractivity contribution in [2.75, 3.05) is 13.2 Å². The lowest BCUT2D eigenvalue weighted by Gasteiger charge is -2.25. The topological polar surface area (TPSA) is 58.6 Å². The molecule has 5 heteroatoms. The number of likely N-dealkylation sites (N-methyl/N-ethyl adjacent to an activating group) is 1. The summed E-state index contributed by atoms with van der Waals surface area (Å²) < 4.78 is 18.8. The predicted octanol–water partition coefficient (Wildman–Crippen LogP) is 2.75. The quantitative estimate of drug-likeness (QED) is 0.720. The molecule has 0 saturated carbocycles. The van der Waals surface area contributed by atoms with E-state index in [2.05, 4.69) is 5.32 Å². The number of hydrogen-bond acceptors (Lipinski definition) is 3. The maximum absolute atomic E-state index is 13.3. The minimum absolute atomic E-state index is 0.300. The van der Waals surface area contributed by atoms with Crippen molar-refractivity contribution < 1.29 is 19.0 Å². The first kappa shape index (κ1) is 16.4. The first-order valence-corrected chi connectivity index (χ1v) is 6.76. The summed E-state index contributed by atoms with van der Waals surface area (Å²) in [6.45, 7) is 6.16. The minimum atomic E-state index is -0.948. The van der Waals surface area contributed by atoms with E-state index in [1.165, 1.54) is 6.07 Å². The summed E-state index contributed by atoms with van der Waals surface area (Å²) in [5, 5.41) is 12.2. The van der Waals surface area contributed by atoms with E-state index in [1.54, 1.807) is 26.0 Å². The zero-order valence-electron chi connectivity index (χ0n) is 12.2. The fraction of sp³-hybridized carbons (Fsp3) is 0.533. The number of hydrogen-bond donors (Lipinski definition) is 2. The summed E-state index contributed by atoms with van der Waals surface area (Å²) in [6, 6.07) is 4.71. The average Bonchev–Trinajstić information content (AvgIpc) is 2.39. The molecule has 0 bridgehead atoms. The Hall–Kier alpha value is -1.62. The van der Waals surface area contributed by atoms with Gasteiger partial charge in [-0.2, -0.15) is 0 Å². The first-order valence-electron chi connectivity index (χ1n) is 6.76. The molecule has 0 aromatic heterocycles. The molecule has 1 unspecified atom stereocenters. The van der Waals surface area contributed by atoms with Gasteiger partial charge in [-0.15, -0.1) is 0 Å². The molecule has 20 heavy (non-hydrogen) atoms. The molecule has 0 fully saturated rings. The Kier molecular flexibility index (Phi) is 5.95. The number of aryl methyl sites for hydroxylation is 1. The first-order chi connectivity index (χ1) is 9.39. The van der Waals surface area contributed by atoms with E-state index < -0.39 is 11.5 Å². The molecule has 0 aliphatic heterocycles. The van der Waals surface area contributed by atoms with Crippen LogP contribution in [0.3, 0.4) is 0 Å². The predicted molar refractivity (Wildman–Crippen MR) is 75.6 cm³/mol. The molecular weight excluding hydrogens is 261 g/mol. The number of ether oxygens (including phenoxy) is 1. The van der Waals surface area contributed by atoms with Crippen LogP contribution in [0.5, 0.6) is 5.75 Å². The third kappa shape index (κ3) is 4.49. The van der Waals surface area contributed by atoms with Crippen molar-refractivity contribution in [2.24, 2.45) is 0 Å². The highest BCUT2D eigenvalue weighted by molar-refractivity contribution is 5.78. The van der Waals surface area contributed by atoms with Gasteiger partial charge in [0.05, 0.1) is 6.61 Å². The Morgan fingerprint density at radius 2 is 2.20 bits per heavy atom. The van der Waals surface area contributed by atoms with Gasteiger partial charge in [-0.25, -0.2) is 4.39 Å². The highest BCUT2D eigenvalue weighted by Gasteiger charge is 2.31. The number of carbonyl (C=O) groups is 1. The van der Waals surface area contributed by atoms with E-state index in [4.69, 9.17) is 4.74 Å². The molecule has 1 rings (SSSR count). The van der Waals surface area contributed by atoms with Gasteiger partial charge in [-0.1, -0.05) is 13.0 Å². The molecule has 0 saturated heterocycles. The van der Waals surface area contributed by atoms with E-state index in [-0.39, 0.29) is 5.82 Å². The fourth-order valence-electron chi connectivity index (χ4n) is 1.94. The second-order valence-corrected chi connectivity index (χ2v) is 5.03. The lowest BCUT2D eigenvalue weighted by Crippen LogP contribution is -2.49. The summed E-state index contributed by atoms with van der Waals surface area (Å²) in [7, 11) is 0. The van der Waals surface area contributed by atoms with Crippen LogP contribution in [0.4, 0.5) is 4.39 Å². The lowest BCUT2D eigenvalue weighted by atomic mass is 9.96. The molecule has 1 atom stereocenters. The van der Waals surface area contributed by atoms with Gasteiger partial charge in [0.25, 0.3) is 0 Å². The highest BCUT2D eigenvalue weighted by atomic mass is 19.1. The minimum Gasteiger partial charge on any atom is -0.493 e. The average molecular weight is 283 g/mol. The Bertz CT molecular complexity index is 464. The second kappa shape index (κ2) is 7.24. The normalized spacial score (nSPS) is 13.8. The number of rotatable bonds is 8. The molecule has 0 aliphatic carbocycles. The number of benzene rings is 1. The third-order valence-electron chi connectivity index (χ3n) is 3.27. The Balaban J connectivity index is 2.44. The summed E-state index contributed by atoms with van der Waals surface area (Å²) in [6.07, 6.45) is 1.02. The zero-order valence-corrected chi connectivity index (χ0v) is 12.2. The number of carboxylic acids is 1. The van der Waals surface area contributed by atoms with Crippen molar-refractivity contribution in [1.29, 1.82) is 0 Å². The number of carboxylic acid groups (broad SMARTS) is 1. The third-order valence-corrected chi connectivity index (χ3v) is 3.27. The van der Waals surface area contributed by atoms with Crippen molar-refractivity contribution in [3.63, 3.8) is 0 Å². The molecule has 4 nitrogen and oxygen atoms in total. The van der Waals surface area contributed by atoms with Crippen LogP contribution in [0.1, 0.15) is 32.3 Å². The molecule has 0 spiro atoms. The number of aliphatic carboxylic acids is 1. The molecular formula is C15H22FNO3. The number of halogens is 1. The van der Waals surface area contributed by atoms with Crippen LogP contribution >= 0.6 is 0 Å². The van der Waals surface area contributed by atoms with Gasteiger partial charge in [0.2, 0.25) is 0 Å². The van der Waals surface area contributed by atoms with Gasteiger partial charge < -0.3 is 15.2 Å². The van der Waals surface area contributed by atoms with Crippen LogP contribution < -0.4 is 10.1 Å². The maximum atomic E-state index is 13.3. The molecule has 112 valence electrons. The Morgan fingerprint density at radius 3 is 2.75 bits per heavy atom. The van der Waals surface area contributed by atoms with Crippen LogP contribution in [0.15, 0.2) is 18.2 Å². The second-order valence-electron chi connectivity index (χ2n) is 5.03. The summed E-state index contributed by atoms with van der Waals surface area (Å²) in [5.74, 6) is -0.708. The van der Waals surface area contributed by atoms with Gasteiger partial charge >= 0.3 is 5.97 Å². The van der Waals surface area contributed by atoms with Crippen LogP contribution in [0.25, 0.3) is 0 Å². The SMILES string of the molecule is CCNC(C)(CCCOc1ccc(C)c(F)c1)C(=O)O. The van der Waals surface area contributed by atoms with Crippen molar-refractivity contribution in [3.8, 4) is 5.75 Å². The Labute approximate surface area is 119 Å². The van der Waals surface area contributed by atoms with E-state index >= 15 is 0 Å². The largest absolute Gasteiger partial charge is 0.493 e. The van der Waals surface area contributed by atoms with Gasteiger partial charge in [0.15, 0.2) is 0 Å². The van der Waals surface area contributed by atoms with Gasteiger partial charge in [-0.05, 0) is 44.9 Å². The molecule has 0 amide bonds. The van der Waals surface area contributed by atoms with Crippen LogP contribution in [-0.2, 0) is 4.79 Å². The van der Waals surface area contributed by atoms with E-state index in [0.717, 1.165) is 0 Å². The van der Waals surface area contributed by atoms with Crippen molar-refractivity contribution in [2.45, 2.75) is 39.2 Å². The summed E-state index contributed by atoms with van der Waals surface area (Å²) in [4.78, 5) is 11.2. The molecule has 1 aromatic rings. The van der Waals surface area contributed by atoms with E-state index in [9.17, 15) is 14.3 Å². The Morgan fingerprint density at radius 1 is 1.50 bits per heavy atom. The highest BCUT2D eigenvalue weighted by Crippen LogP contribution is 2.17. The van der Waals surface area contributed by atoms with E-state index in [1.807, 2.05) is 6.92 Å². The molecule has 2 N–H and O–H groups in total.